The van der Waals surface area contributed by atoms with E-state index in [1.54, 1.807) is 30.2 Å². The Morgan fingerprint density at radius 3 is 2.65 bits per heavy atom. The fourth-order valence-corrected chi connectivity index (χ4v) is 3.03. The van der Waals surface area contributed by atoms with Gasteiger partial charge in [-0.2, -0.15) is 0 Å². The number of hydrogen-bond donors (Lipinski definition) is 0. The number of rotatable bonds is 4. The first-order valence-corrected chi connectivity index (χ1v) is 9.05. The number of carbonyl (C=O) groups excluding carboxylic acids is 1. The second kappa shape index (κ2) is 8.47. The van der Waals surface area contributed by atoms with Crippen LogP contribution in [0.5, 0.6) is 11.5 Å². The Morgan fingerprint density at radius 1 is 1.12 bits per heavy atom. The predicted molar refractivity (Wildman–Crippen MR) is 104 cm³/mol. The van der Waals surface area contributed by atoms with Crippen molar-refractivity contribution in [1.82, 2.24) is 4.90 Å². The fourth-order valence-electron chi connectivity index (χ4n) is 2.56. The molecule has 0 saturated carbocycles. The number of nitrogens with zero attached hydrogens (tertiary/aromatic N) is 1. The minimum Gasteiger partial charge on any atom is -0.490 e. The van der Waals surface area contributed by atoms with Crippen molar-refractivity contribution in [2.75, 3.05) is 20.3 Å². The van der Waals surface area contributed by atoms with Gasteiger partial charge in [0.05, 0.1) is 13.2 Å². The lowest BCUT2D eigenvalue weighted by Crippen LogP contribution is -2.24. The smallest absolute Gasteiger partial charge is 0.246 e. The number of likely N-dealkylation sites (N-methyl/N-ethyl adjacent to an activating group) is 1. The lowest BCUT2D eigenvalue weighted by atomic mass is 10.1. The van der Waals surface area contributed by atoms with Gasteiger partial charge in [0.15, 0.2) is 11.5 Å². The van der Waals surface area contributed by atoms with E-state index in [-0.39, 0.29) is 5.91 Å². The van der Waals surface area contributed by atoms with E-state index in [1.165, 1.54) is 6.08 Å². The first kappa shape index (κ1) is 18.6. The second-order valence-corrected chi connectivity index (χ2v) is 6.86. The highest BCUT2D eigenvalue weighted by Gasteiger charge is 2.11. The number of ether oxygens (including phenoxy) is 2. The molecular weight excluding hydrogens is 373 g/mol. The number of carbonyl (C=O) groups is 1. The lowest BCUT2D eigenvalue weighted by Gasteiger charge is -2.16. The zero-order chi connectivity index (χ0) is 18.5. The molecule has 3 rings (SSSR count). The van der Waals surface area contributed by atoms with Gasteiger partial charge in [-0.05, 0) is 41.5 Å². The van der Waals surface area contributed by atoms with Gasteiger partial charge >= 0.3 is 0 Å². The SMILES string of the molecule is CN(Cc1ccc(Cl)cc1Cl)C(=O)/C=C/c1ccc2c(c1)OCCCO2. The summed E-state index contributed by atoms with van der Waals surface area (Å²) in [7, 11) is 1.73. The third-order valence-electron chi connectivity index (χ3n) is 3.99. The van der Waals surface area contributed by atoms with E-state index in [4.69, 9.17) is 32.7 Å². The number of benzene rings is 2. The third kappa shape index (κ3) is 4.71. The topological polar surface area (TPSA) is 38.8 Å². The van der Waals surface area contributed by atoms with Crippen molar-refractivity contribution in [2.45, 2.75) is 13.0 Å². The van der Waals surface area contributed by atoms with Crippen molar-refractivity contribution in [3.63, 3.8) is 0 Å². The minimum atomic E-state index is -0.122. The van der Waals surface area contributed by atoms with Gasteiger partial charge in [-0.3, -0.25) is 4.79 Å². The third-order valence-corrected chi connectivity index (χ3v) is 4.58. The molecule has 26 heavy (non-hydrogen) atoms. The van der Waals surface area contributed by atoms with Crippen LogP contribution in [0.25, 0.3) is 6.08 Å². The van der Waals surface area contributed by atoms with Gasteiger partial charge in [-0.15, -0.1) is 0 Å². The Balaban J connectivity index is 1.66. The summed E-state index contributed by atoms with van der Waals surface area (Å²) in [6, 6.07) is 10.9. The fraction of sp³-hybridized carbons (Fsp3) is 0.250. The van der Waals surface area contributed by atoms with Crippen molar-refractivity contribution in [3.05, 3.63) is 63.6 Å². The summed E-state index contributed by atoms with van der Waals surface area (Å²) in [6.45, 7) is 1.68. The summed E-state index contributed by atoms with van der Waals surface area (Å²) in [4.78, 5) is 13.9. The van der Waals surface area contributed by atoms with Gasteiger partial charge in [0.2, 0.25) is 5.91 Å². The Hall–Kier alpha value is -2.17. The van der Waals surface area contributed by atoms with Crippen molar-refractivity contribution >= 4 is 35.2 Å². The average molecular weight is 392 g/mol. The molecule has 0 unspecified atom stereocenters. The maximum Gasteiger partial charge on any atom is 0.246 e. The monoisotopic (exact) mass is 391 g/mol. The van der Waals surface area contributed by atoms with Gasteiger partial charge in [-0.1, -0.05) is 35.3 Å². The molecular formula is C20H19Cl2NO3. The van der Waals surface area contributed by atoms with Crippen LogP contribution in [-0.2, 0) is 11.3 Å². The van der Waals surface area contributed by atoms with E-state index in [0.29, 0.717) is 35.6 Å². The molecule has 136 valence electrons. The van der Waals surface area contributed by atoms with Gasteiger partial charge in [0.25, 0.3) is 0 Å². The highest BCUT2D eigenvalue weighted by molar-refractivity contribution is 6.35. The highest BCUT2D eigenvalue weighted by Crippen LogP contribution is 2.30. The Kier molecular flexibility index (Phi) is 6.07. The standard InChI is InChI=1S/C20H19Cl2NO3/c1-23(13-15-5-6-16(21)12-17(15)22)20(24)8-4-14-3-7-18-19(11-14)26-10-2-9-25-18/h3-8,11-12H,2,9-10,13H2,1H3/b8-4+. The van der Waals surface area contributed by atoms with Crippen LogP contribution < -0.4 is 9.47 Å². The molecule has 0 spiro atoms. The Morgan fingerprint density at radius 2 is 1.88 bits per heavy atom. The first-order chi connectivity index (χ1) is 12.5. The molecule has 1 heterocycles. The quantitative estimate of drug-likeness (QED) is 0.700. The van der Waals surface area contributed by atoms with Crippen LogP contribution >= 0.6 is 23.2 Å². The van der Waals surface area contributed by atoms with E-state index in [0.717, 1.165) is 23.3 Å². The summed E-state index contributed by atoms with van der Waals surface area (Å²) in [5.41, 5.74) is 1.72. The molecule has 0 radical (unpaired) electrons. The number of amides is 1. The molecule has 6 heteroatoms. The minimum absolute atomic E-state index is 0.122. The summed E-state index contributed by atoms with van der Waals surface area (Å²) in [6.07, 6.45) is 4.15. The van der Waals surface area contributed by atoms with Crippen molar-refractivity contribution in [3.8, 4) is 11.5 Å². The van der Waals surface area contributed by atoms with Crippen LogP contribution in [-0.4, -0.2) is 31.1 Å². The molecule has 4 nitrogen and oxygen atoms in total. The van der Waals surface area contributed by atoms with Gasteiger partial charge in [0, 0.05) is 36.1 Å². The van der Waals surface area contributed by atoms with E-state index >= 15 is 0 Å². The van der Waals surface area contributed by atoms with Gasteiger partial charge in [0.1, 0.15) is 0 Å². The van der Waals surface area contributed by atoms with Crippen molar-refractivity contribution in [1.29, 1.82) is 0 Å². The number of fused-ring (bicyclic) bond motifs is 1. The zero-order valence-corrected chi connectivity index (χ0v) is 15.9. The number of hydrogen-bond acceptors (Lipinski definition) is 3. The summed E-state index contributed by atoms with van der Waals surface area (Å²) in [5, 5.41) is 1.12. The van der Waals surface area contributed by atoms with E-state index in [9.17, 15) is 4.79 Å². The van der Waals surface area contributed by atoms with E-state index in [1.807, 2.05) is 24.3 Å². The van der Waals surface area contributed by atoms with Crippen LogP contribution in [0.15, 0.2) is 42.5 Å². The number of halogens is 2. The first-order valence-electron chi connectivity index (χ1n) is 8.30. The highest BCUT2D eigenvalue weighted by atomic mass is 35.5. The second-order valence-electron chi connectivity index (χ2n) is 6.02. The normalized spacial score (nSPS) is 13.5. The van der Waals surface area contributed by atoms with Crippen LogP contribution in [0.4, 0.5) is 0 Å². The van der Waals surface area contributed by atoms with Crippen LogP contribution in [0.2, 0.25) is 10.0 Å². The summed E-state index contributed by atoms with van der Waals surface area (Å²) < 4.78 is 11.3. The average Bonchev–Trinajstić information content (AvgIpc) is 2.86. The summed E-state index contributed by atoms with van der Waals surface area (Å²) >= 11 is 12.1. The molecule has 0 atom stereocenters. The van der Waals surface area contributed by atoms with Gasteiger partial charge in [-0.25, -0.2) is 0 Å². The maximum atomic E-state index is 12.4. The van der Waals surface area contributed by atoms with Crippen LogP contribution in [0.3, 0.4) is 0 Å². The van der Waals surface area contributed by atoms with Crippen molar-refractivity contribution < 1.29 is 14.3 Å². The Labute approximate surface area is 162 Å². The molecule has 0 bridgehead atoms. The van der Waals surface area contributed by atoms with Crippen LogP contribution in [0, 0.1) is 0 Å². The van der Waals surface area contributed by atoms with E-state index < -0.39 is 0 Å². The maximum absolute atomic E-state index is 12.4. The van der Waals surface area contributed by atoms with E-state index in [2.05, 4.69) is 0 Å². The summed E-state index contributed by atoms with van der Waals surface area (Å²) in [5.74, 6) is 1.32. The van der Waals surface area contributed by atoms with Crippen LogP contribution in [0.1, 0.15) is 17.5 Å². The molecule has 2 aromatic rings. The molecule has 0 aliphatic carbocycles. The molecule has 0 saturated heterocycles. The molecule has 0 aromatic heterocycles. The van der Waals surface area contributed by atoms with Crippen molar-refractivity contribution in [2.24, 2.45) is 0 Å². The molecule has 0 fully saturated rings. The zero-order valence-electron chi connectivity index (χ0n) is 14.4. The lowest BCUT2D eigenvalue weighted by molar-refractivity contribution is -0.125. The molecule has 1 aliphatic rings. The molecule has 2 aromatic carbocycles. The largest absolute Gasteiger partial charge is 0.490 e. The molecule has 1 aliphatic heterocycles. The molecule has 1 amide bonds. The molecule has 0 N–H and O–H groups in total. The predicted octanol–water partition coefficient (Wildman–Crippen LogP) is 4.83. The Bertz CT molecular complexity index is 836. The van der Waals surface area contributed by atoms with Gasteiger partial charge < -0.3 is 14.4 Å².